The third-order valence-electron chi connectivity index (χ3n) is 4.22. The molecule has 0 bridgehead atoms. The largest absolute Gasteiger partial charge is 0.480 e. The Balaban J connectivity index is 2.38. The normalized spacial score (nSPS) is 21.0. The van der Waals surface area contributed by atoms with Crippen molar-refractivity contribution in [2.24, 2.45) is 0 Å². The predicted octanol–water partition coefficient (Wildman–Crippen LogP) is 1.54. The van der Waals surface area contributed by atoms with Gasteiger partial charge in [-0.15, -0.1) is 0 Å². The highest BCUT2D eigenvalue weighted by Gasteiger charge is 2.42. The molecule has 0 radical (unpaired) electrons. The fraction of sp³-hybridized carbons (Fsp3) is 0.533. The number of aryl methyl sites for hydroxylation is 1. The molecule has 1 aliphatic heterocycles. The summed E-state index contributed by atoms with van der Waals surface area (Å²) in [6, 6.07) is 7.78. The molecular weight excluding hydrogens is 240 g/mol. The van der Waals surface area contributed by atoms with E-state index < -0.39 is 11.5 Å². The summed E-state index contributed by atoms with van der Waals surface area (Å²) in [7, 11) is 2.07. The first-order valence-corrected chi connectivity index (χ1v) is 6.69. The van der Waals surface area contributed by atoms with Crippen LogP contribution in [0.1, 0.15) is 18.1 Å². The van der Waals surface area contributed by atoms with Crippen LogP contribution >= 0.6 is 0 Å². The van der Waals surface area contributed by atoms with Crippen molar-refractivity contribution in [3.63, 3.8) is 0 Å². The third-order valence-corrected chi connectivity index (χ3v) is 4.22. The first kappa shape index (κ1) is 14.0. The van der Waals surface area contributed by atoms with Gasteiger partial charge in [0.05, 0.1) is 0 Å². The SMILES string of the molecule is Cc1ccccc1C(C)(C(=O)O)N1CCN(C)CC1. The molecule has 0 amide bonds. The van der Waals surface area contributed by atoms with Crippen LogP contribution in [0, 0.1) is 6.92 Å². The Morgan fingerprint density at radius 1 is 1.21 bits per heavy atom. The molecule has 1 atom stereocenters. The lowest BCUT2D eigenvalue weighted by Gasteiger charge is -2.43. The quantitative estimate of drug-likeness (QED) is 0.897. The van der Waals surface area contributed by atoms with Gasteiger partial charge in [-0.2, -0.15) is 0 Å². The Morgan fingerprint density at radius 2 is 1.79 bits per heavy atom. The van der Waals surface area contributed by atoms with Crippen molar-refractivity contribution >= 4 is 5.97 Å². The maximum atomic E-state index is 11.9. The van der Waals surface area contributed by atoms with Crippen molar-refractivity contribution in [2.45, 2.75) is 19.4 Å². The van der Waals surface area contributed by atoms with Gasteiger partial charge in [-0.1, -0.05) is 24.3 Å². The summed E-state index contributed by atoms with van der Waals surface area (Å²) in [5, 5.41) is 9.77. The zero-order valence-corrected chi connectivity index (χ0v) is 11.9. The lowest BCUT2D eigenvalue weighted by molar-refractivity contribution is -0.152. The number of piperazine rings is 1. The molecule has 1 unspecified atom stereocenters. The molecule has 1 aliphatic rings. The van der Waals surface area contributed by atoms with E-state index in [-0.39, 0.29) is 0 Å². The van der Waals surface area contributed by atoms with Crippen molar-refractivity contribution < 1.29 is 9.90 Å². The number of rotatable bonds is 3. The number of carboxylic acids is 1. The molecule has 0 saturated carbocycles. The number of carboxylic acid groups (broad SMARTS) is 1. The summed E-state index contributed by atoms with van der Waals surface area (Å²) < 4.78 is 0. The lowest BCUT2D eigenvalue weighted by atomic mass is 9.86. The standard InChI is InChI=1S/C15H22N2O2/c1-12-6-4-5-7-13(12)15(2,14(18)19)17-10-8-16(3)9-11-17/h4-7H,8-11H2,1-3H3,(H,18,19). The van der Waals surface area contributed by atoms with E-state index in [4.69, 9.17) is 0 Å². The van der Waals surface area contributed by atoms with Crippen LogP contribution in [0.5, 0.6) is 0 Å². The summed E-state index contributed by atoms with van der Waals surface area (Å²) in [5.74, 6) is -0.772. The third kappa shape index (κ3) is 2.51. The molecule has 104 valence electrons. The highest BCUT2D eigenvalue weighted by molar-refractivity contribution is 5.80. The lowest BCUT2D eigenvalue weighted by Crippen LogP contribution is -2.57. The number of nitrogens with zero attached hydrogens (tertiary/aromatic N) is 2. The van der Waals surface area contributed by atoms with E-state index in [2.05, 4.69) is 16.8 Å². The predicted molar refractivity (Wildman–Crippen MR) is 75.2 cm³/mol. The summed E-state index contributed by atoms with van der Waals surface area (Å²) in [4.78, 5) is 16.2. The van der Waals surface area contributed by atoms with Crippen molar-refractivity contribution in [3.05, 3.63) is 35.4 Å². The highest BCUT2D eigenvalue weighted by atomic mass is 16.4. The molecule has 2 rings (SSSR count). The molecule has 1 heterocycles. The second-order valence-corrected chi connectivity index (χ2v) is 5.48. The maximum absolute atomic E-state index is 11.9. The minimum Gasteiger partial charge on any atom is -0.480 e. The van der Waals surface area contributed by atoms with Crippen LogP contribution in [0.4, 0.5) is 0 Å². The summed E-state index contributed by atoms with van der Waals surface area (Å²) in [5.41, 5.74) is 0.991. The Morgan fingerprint density at radius 3 is 2.32 bits per heavy atom. The average Bonchev–Trinajstić information content (AvgIpc) is 2.39. The first-order chi connectivity index (χ1) is 8.96. The van der Waals surface area contributed by atoms with Crippen LogP contribution in [-0.2, 0) is 10.3 Å². The smallest absolute Gasteiger partial charge is 0.328 e. The van der Waals surface area contributed by atoms with E-state index in [1.54, 1.807) is 0 Å². The van der Waals surface area contributed by atoms with Gasteiger partial charge in [-0.05, 0) is 32.0 Å². The number of aliphatic carboxylic acids is 1. The molecular formula is C15H22N2O2. The van der Waals surface area contributed by atoms with Crippen molar-refractivity contribution in [3.8, 4) is 0 Å². The van der Waals surface area contributed by atoms with Crippen LogP contribution in [0.3, 0.4) is 0 Å². The number of benzene rings is 1. The molecule has 0 aliphatic carbocycles. The van der Waals surface area contributed by atoms with Crippen LogP contribution < -0.4 is 0 Å². The molecule has 1 fully saturated rings. The number of likely N-dealkylation sites (N-methyl/N-ethyl adjacent to an activating group) is 1. The van der Waals surface area contributed by atoms with Gasteiger partial charge < -0.3 is 10.0 Å². The summed E-state index contributed by atoms with van der Waals surface area (Å²) in [6.07, 6.45) is 0. The van der Waals surface area contributed by atoms with Gasteiger partial charge in [0.15, 0.2) is 0 Å². The van der Waals surface area contributed by atoms with E-state index in [9.17, 15) is 9.90 Å². The second kappa shape index (κ2) is 5.31. The van der Waals surface area contributed by atoms with Gasteiger partial charge in [-0.25, -0.2) is 4.79 Å². The molecule has 1 saturated heterocycles. The Labute approximate surface area is 114 Å². The van der Waals surface area contributed by atoms with E-state index >= 15 is 0 Å². The molecule has 1 aromatic rings. The second-order valence-electron chi connectivity index (χ2n) is 5.48. The minimum absolute atomic E-state index is 0.772. The van der Waals surface area contributed by atoms with Gasteiger partial charge in [0.25, 0.3) is 0 Å². The fourth-order valence-electron chi connectivity index (χ4n) is 2.79. The van der Waals surface area contributed by atoms with Crippen LogP contribution in [0.25, 0.3) is 0 Å². The topological polar surface area (TPSA) is 43.8 Å². The highest BCUT2D eigenvalue weighted by Crippen LogP contribution is 2.31. The van der Waals surface area contributed by atoms with Crippen molar-refractivity contribution in [2.75, 3.05) is 33.2 Å². The Kier molecular flexibility index (Phi) is 3.92. The van der Waals surface area contributed by atoms with E-state index in [1.165, 1.54) is 0 Å². The van der Waals surface area contributed by atoms with Crippen molar-refractivity contribution in [1.82, 2.24) is 9.80 Å². The summed E-state index contributed by atoms with van der Waals surface area (Å²) >= 11 is 0. The fourth-order valence-corrected chi connectivity index (χ4v) is 2.79. The number of carbonyl (C=O) groups is 1. The first-order valence-electron chi connectivity index (χ1n) is 6.69. The molecule has 19 heavy (non-hydrogen) atoms. The van der Waals surface area contributed by atoms with Gasteiger partial charge in [0.1, 0.15) is 5.54 Å². The van der Waals surface area contributed by atoms with Crippen LogP contribution in [0.15, 0.2) is 24.3 Å². The Bertz CT molecular complexity index is 467. The van der Waals surface area contributed by atoms with Gasteiger partial charge in [-0.3, -0.25) is 4.90 Å². The zero-order chi connectivity index (χ0) is 14.0. The van der Waals surface area contributed by atoms with E-state index in [0.717, 1.165) is 37.3 Å². The molecule has 4 nitrogen and oxygen atoms in total. The minimum atomic E-state index is -0.938. The molecule has 1 N–H and O–H groups in total. The molecule has 0 spiro atoms. The van der Waals surface area contributed by atoms with E-state index in [1.807, 2.05) is 38.1 Å². The maximum Gasteiger partial charge on any atom is 0.328 e. The number of hydrogen-bond acceptors (Lipinski definition) is 3. The number of hydrogen-bond donors (Lipinski definition) is 1. The van der Waals surface area contributed by atoms with Crippen molar-refractivity contribution in [1.29, 1.82) is 0 Å². The molecule has 1 aromatic carbocycles. The van der Waals surface area contributed by atoms with Gasteiger partial charge >= 0.3 is 5.97 Å². The van der Waals surface area contributed by atoms with E-state index in [0.29, 0.717) is 0 Å². The molecule has 0 aromatic heterocycles. The van der Waals surface area contributed by atoms with Crippen LogP contribution in [0.2, 0.25) is 0 Å². The average molecular weight is 262 g/mol. The molecule has 4 heteroatoms. The van der Waals surface area contributed by atoms with Gasteiger partial charge in [0, 0.05) is 26.2 Å². The Hall–Kier alpha value is -1.39. The monoisotopic (exact) mass is 262 g/mol. The van der Waals surface area contributed by atoms with Gasteiger partial charge in [0.2, 0.25) is 0 Å². The zero-order valence-electron chi connectivity index (χ0n) is 11.9. The summed E-state index contributed by atoms with van der Waals surface area (Å²) in [6.45, 7) is 7.19. The van der Waals surface area contributed by atoms with Crippen LogP contribution in [-0.4, -0.2) is 54.1 Å².